The molecule has 1 aromatic heterocycles. The van der Waals surface area contributed by atoms with Gasteiger partial charge in [-0.2, -0.15) is 0 Å². The summed E-state index contributed by atoms with van der Waals surface area (Å²) in [4.78, 5) is 15.9. The molecule has 1 aliphatic heterocycles. The van der Waals surface area contributed by atoms with Crippen LogP contribution in [0.5, 0.6) is 0 Å². The molecule has 0 spiro atoms. The van der Waals surface area contributed by atoms with E-state index >= 15 is 4.39 Å². The third kappa shape index (κ3) is 7.60. The third-order valence-electron chi connectivity index (χ3n) is 6.99. The van der Waals surface area contributed by atoms with Crippen LogP contribution in [-0.2, 0) is 27.5 Å². The average Bonchev–Trinajstić information content (AvgIpc) is 2.88. The Morgan fingerprint density at radius 3 is 2.39 bits per heavy atom. The molecule has 41 heavy (non-hydrogen) atoms. The van der Waals surface area contributed by atoms with Crippen LogP contribution in [0.1, 0.15) is 24.5 Å². The molecule has 3 atom stereocenters. The molecular formula is C28H31F4N5O3S. The maximum absolute atomic E-state index is 15.1. The van der Waals surface area contributed by atoms with E-state index in [-0.39, 0.29) is 48.8 Å². The number of halogens is 4. The molecule has 0 aliphatic carbocycles. The Labute approximate surface area is 235 Å². The highest BCUT2D eigenvalue weighted by Crippen LogP contribution is 2.28. The molecule has 0 bridgehead atoms. The summed E-state index contributed by atoms with van der Waals surface area (Å²) >= 11 is 0. The number of piperazine rings is 1. The van der Waals surface area contributed by atoms with Crippen molar-refractivity contribution in [1.82, 2.24) is 15.6 Å². The Kier molecular flexibility index (Phi) is 9.30. The van der Waals surface area contributed by atoms with Crippen LogP contribution in [0.15, 0.2) is 54.9 Å². The van der Waals surface area contributed by atoms with Crippen molar-refractivity contribution in [3.05, 3.63) is 89.3 Å². The van der Waals surface area contributed by atoms with E-state index in [0.717, 1.165) is 24.6 Å². The number of nitrogens with one attached hydrogen (secondary N) is 4. The van der Waals surface area contributed by atoms with E-state index in [1.54, 1.807) is 0 Å². The van der Waals surface area contributed by atoms with Gasteiger partial charge in [-0.3, -0.25) is 15.1 Å². The fourth-order valence-electron chi connectivity index (χ4n) is 4.90. The van der Waals surface area contributed by atoms with Gasteiger partial charge in [-0.15, -0.1) is 0 Å². The van der Waals surface area contributed by atoms with E-state index in [0.29, 0.717) is 18.2 Å². The molecule has 2 heterocycles. The SMILES string of the molecule is C[C@H]1CNC[C@](CCc2c(F)cncc2N[C@@H](Cc2ccc(F)cc2)C(=O)Nc2cc(F)cc(F)c2)(S(C)(=O)=O)N1. The van der Waals surface area contributed by atoms with Crippen molar-refractivity contribution < 1.29 is 30.8 Å². The Morgan fingerprint density at radius 1 is 1.07 bits per heavy atom. The summed E-state index contributed by atoms with van der Waals surface area (Å²) in [6.07, 6.45) is 3.43. The molecule has 2 aromatic carbocycles. The molecule has 1 aliphatic rings. The van der Waals surface area contributed by atoms with E-state index in [4.69, 9.17) is 0 Å². The fourth-order valence-corrected chi connectivity index (χ4v) is 6.15. The second-order valence-corrected chi connectivity index (χ2v) is 12.6. The van der Waals surface area contributed by atoms with Crippen LogP contribution in [0.4, 0.5) is 28.9 Å². The van der Waals surface area contributed by atoms with Gasteiger partial charge in [0.15, 0.2) is 9.84 Å². The number of benzene rings is 2. The smallest absolute Gasteiger partial charge is 0.247 e. The first-order chi connectivity index (χ1) is 19.3. The van der Waals surface area contributed by atoms with E-state index in [1.165, 1.54) is 30.5 Å². The summed E-state index contributed by atoms with van der Waals surface area (Å²) in [5.41, 5.74) is 0.670. The minimum atomic E-state index is -3.63. The molecule has 1 fully saturated rings. The quantitative estimate of drug-likeness (QED) is 0.266. The van der Waals surface area contributed by atoms with Gasteiger partial charge in [0.2, 0.25) is 5.91 Å². The van der Waals surface area contributed by atoms with E-state index < -0.39 is 49.9 Å². The summed E-state index contributed by atoms with van der Waals surface area (Å²) in [6, 6.07) is 6.68. The minimum Gasteiger partial charge on any atom is -0.372 e. The van der Waals surface area contributed by atoms with Gasteiger partial charge in [0.25, 0.3) is 0 Å². The van der Waals surface area contributed by atoms with Crippen LogP contribution in [0.3, 0.4) is 0 Å². The molecule has 0 radical (unpaired) electrons. The van der Waals surface area contributed by atoms with Crippen LogP contribution in [0.2, 0.25) is 0 Å². The molecule has 13 heteroatoms. The number of aromatic nitrogens is 1. The van der Waals surface area contributed by atoms with Crippen LogP contribution >= 0.6 is 0 Å². The number of nitrogens with zero attached hydrogens (tertiary/aromatic N) is 1. The molecule has 0 unspecified atom stereocenters. The lowest BCUT2D eigenvalue weighted by molar-refractivity contribution is -0.116. The number of amides is 1. The van der Waals surface area contributed by atoms with Gasteiger partial charge in [0, 0.05) is 49.1 Å². The zero-order valence-electron chi connectivity index (χ0n) is 22.5. The predicted octanol–water partition coefficient (Wildman–Crippen LogP) is 3.55. The van der Waals surface area contributed by atoms with Crippen molar-refractivity contribution >= 4 is 27.1 Å². The molecule has 4 rings (SSSR count). The predicted molar refractivity (Wildman–Crippen MR) is 148 cm³/mol. The number of pyridine rings is 1. The van der Waals surface area contributed by atoms with Gasteiger partial charge >= 0.3 is 0 Å². The van der Waals surface area contributed by atoms with Crippen LogP contribution < -0.4 is 21.3 Å². The minimum absolute atomic E-state index is 0.00384. The van der Waals surface area contributed by atoms with Crippen LogP contribution in [0.25, 0.3) is 0 Å². The summed E-state index contributed by atoms with van der Waals surface area (Å²) in [5.74, 6) is -3.66. The topological polar surface area (TPSA) is 112 Å². The highest BCUT2D eigenvalue weighted by Gasteiger charge is 2.43. The molecule has 220 valence electrons. The van der Waals surface area contributed by atoms with Crippen LogP contribution in [-0.4, -0.2) is 55.6 Å². The molecule has 8 nitrogen and oxygen atoms in total. The van der Waals surface area contributed by atoms with E-state index in [2.05, 4.69) is 26.3 Å². The standard InChI is InChI=1S/C28H31F4N5O3S/c1-17-13-34-16-28(37-17,41(2,39)40)8-7-23-24(32)14-33-15-26(23)36-25(9-18-3-5-19(29)6-4-18)27(38)35-22-11-20(30)10-21(31)12-22/h3-6,10-12,14-15,17,25,34,36-37H,7-9,13,16H2,1-2H3,(H,35,38)/t17-,25-,28-/m0/s1. The highest BCUT2D eigenvalue weighted by molar-refractivity contribution is 7.92. The van der Waals surface area contributed by atoms with E-state index in [1.807, 2.05) is 6.92 Å². The lowest BCUT2D eigenvalue weighted by Gasteiger charge is -2.40. The summed E-state index contributed by atoms with van der Waals surface area (Å²) in [6.45, 7) is 2.55. The van der Waals surface area contributed by atoms with Gasteiger partial charge in [0.05, 0.1) is 18.1 Å². The Balaban J connectivity index is 1.63. The molecule has 3 aromatic rings. The van der Waals surface area contributed by atoms with Gasteiger partial charge in [0.1, 0.15) is 34.2 Å². The maximum atomic E-state index is 15.1. The van der Waals surface area contributed by atoms with Gasteiger partial charge in [-0.05, 0) is 49.6 Å². The maximum Gasteiger partial charge on any atom is 0.247 e. The first kappa shape index (κ1) is 30.4. The average molecular weight is 594 g/mol. The third-order valence-corrected chi connectivity index (χ3v) is 8.88. The van der Waals surface area contributed by atoms with Gasteiger partial charge in [-0.1, -0.05) is 12.1 Å². The van der Waals surface area contributed by atoms with Crippen molar-refractivity contribution in [2.24, 2.45) is 0 Å². The lowest BCUT2D eigenvalue weighted by Crippen LogP contribution is -2.66. The molecule has 1 saturated heterocycles. The van der Waals surface area contributed by atoms with Gasteiger partial charge in [-0.25, -0.2) is 26.0 Å². The number of rotatable bonds is 10. The highest BCUT2D eigenvalue weighted by atomic mass is 32.2. The second-order valence-electron chi connectivity index (χ2n) is 10.3. The van der Waals surface area contributed by atoms with Crippen molar-refractivity contribution in [1.29, 1.82) is 0 Å². The summed E-state index contributed by atoms with van der Waals surface area (Å²) in [7, 11) is -3.63. The number of anilines is 2. The molecule has 4 N–H and O–H groups in total. The second kappa shape index (κ2) is 12.5. The van der Waals surface area contributed by atoms with Crippen molar-refractivity contribution in [2.75, 3.05) is 30.0 Å². The number of sulfone groups is 1. The zero-order chi connectivity index (χ0) is 29.8. The largest absolute Gasteiger partial charge is 0.372 e. The van der Waals surface area contributed by atoms with E-state index in [9.17, 15) is 26.4 Å². The number of carbonyl (C=O) groups excluding carboxylic acids is 1. The first-order valence-corrected chi connectivity index (χ1v) is 14.8. The number of carbonyl (C=O) groups is 1. The molecular weight excluding hydrogens is 562 g/mol. The van der Waals surface area contributed by atoms with Crippen molar-refractivity contribution in [3.63, 3.8) is 0 Å². The number of hydrogen-bond acceptors (Lipinski definition) is 7. The van der Waals surface area contributed by atoms with Crippen LogP contribution in [0, 0.1) is 23.3 Å². The summed E-state index contributed by atoms with van der Waals surface area (Å²) in [5, 5.41) is 11.7. The van der Waals surface area contributed by atoms with Crippen molar-refractivity contribution in [3.8, 4) is 0 Å². The molecule has 0 saturated carbocycles. The first-order valence-electron chi connectivity index (χ1n) is 12.9. The van der Waals surface area contributed by atoms with Crippen molar-refractivity contribution in [2.45, 2.75) is 43.1 Å². The number of hydrogen-bond donors (Lipinski definition) is 4. The fraction of sp³-hybridized carbons (Fsp3) is 0.357. The Bertz CT molecular complexity index is 1490. The Hall–Kier alpha value is -3.55. The Morgan fingerprint density at radius 2 is 1.76 bits per heavy atom. The zero-order valence-corrected chi connectivity index (χ0v) is 23.3. The summed E-state index contributed by atoms with van der Waals surface area (Å²) < 4.78 is 81.7. The van der Waals surface area contributed by atoms with Gasteiger partial charge < -0.3 is 16.0 Å². The normalized spacial score (nSPS) is 19.9. The lowest BCUT2D eigenvalue weighted by atomic mass is 10.00. The monoisotopic (exact) mass is 593 g/mol. The molecule has 1 amide bonds.